The van der Waals surface area contributed by atoms with Crippen molar-refractivity contribution in [3.8, 4) is 0 Å². The van der Waals surface area contributed by atoms with Crippen molar-refractivity contribution in [3.05, 3.63) is 122 Å². The average molecular weight is 1090 g/mol. The maximum Gasteiger partial charge on any atom is 0.472 e. The van der Waals surface area contributed by atoms with Gasteiger partial charge in [-0.25, -0.2) is 4.57 Å². The molecule has 440 valence electrons. The molecule has 2 N–H and O–H groups in total. The molecule has 3 atom stereocenters. The summed E-state index contributed by atoms with van der Waals surface area (Å²) < 4.78 is 30.6. The highest BCUT2D eigenvalue weighted by Gasteiger charge is 2.30. The van der Waals surface area contributed by atoms with Crippen LogP contribution in [0.4, 0.5) is 0 Å². The monoisotopic (exact) mass is 1090 g/mol. The third-order valence-corrected chi connectivity index (χ3v) is 13.9. The molecular formula is C67H116N2O7P+. The molecule has 10 heteroatoms. The minimum absolute atomic E-state index is 0.0229. The Balaban J connectivity index is 5.31. The molecule has 0 radical (unpaired) electrons. The second kappa shape index (κ2) is 55.7. The van der Waals surface area contributed by atoms with Crippen molar-refractivity contribution in [2.75, 3.05) is 40.9 Å². The van der Waals surface area contributed by atoms with Gasteiger partial charge in [-0.3, -0.25) is 18.6 Å². The molecule has 0 aliphatic heterocycles. The molecule has 0 aliphatic carbocycles. The quantitative estimate of drug-likeness (QED) is 0.0205. The number of phosphoric acid groups is 1. The van der Waals surface area contributed by atoms with Gasteiger partial charge >= 0.3 is 13.8 Å². The summed E-state index contributed by atoms with van der Waals surface area (Å²) in [5.41, 5.74) is 0. The number of quaternary nitrogens is 1. The predicted molar refractivity (Wildman–Crippen MR) is 332 cm³/mol. The second-order valence-electron chi connectivity index (χ2n) is 21.5. The van der Waals surface area contributed by atoms with E-state index in [4.69, 9.17) is 13.8 Å². The van der Waals surface area contributed by atoms with Crippen LogP contribution in [0.1, 0.15) is 239 Å². The highest BCUT2D eigenvalue weighted by Crippen LogP contribution is 2.43. The first-order valence-electron chi connectivity index (χ1n) is 30.9. The predicted octanol–water partition coefficient (Wildman–Crippen LogP) is 19.1. The summed E-state index contributed by atoms with van der Waals surface area (Å²) in [7, 11) is 1.44. The van der Waals surface area contributed by atoms with Crippen LogP contribution in [0.25, 0.3) is 0 Å². The van der Waals surface area contributed by atoms with Gasteiger partial charge in [0.15, 0.2) is 0 Å². The van der Waals surface area contributed by atoms with Gasteiger partial charge < -0.3 is 19.4 Å². The zero-order valence-corrected chi connectivity index (χ0v) is 51.1. The van der Waals surface area contributed by atoms with Gasteiger partial charge in [-0.15, -0.1) is 0 Å². The molecule has 0 heterocycles. The van der Waals surface area contributed by atoms with Crippen LogP contribution in [0.3, 0.4) is 0 Å². The molecule has 0 aromatic carbocycles. The summed E-state index contributed by atoms with van der Waals surface area (Å²) in [5, 5.41) is 3.03. The summed E-state index contributed by atoms with van der Waals surface area (Å²) in [5.74, 6) is -0.592. The Bertz CT molecular complexity index is 1730. The van der Waals surface area contributed by atoms with Crippen molar-refractivity contribution in [1.29, 1.82) is 0 Å². The van der Waals surface area contributed by atoms with E-state index < -0.39 is 20.0 Å². The number of esters is 1. The van der Waals surface area contributed by atoms with Crippen LogP contribution in [0.2, 0.25) is 0 Å². The Morgan fingerprint density at radius 1 is 0.468 bits per heavy atom. The molecule has 9 nitrogen and oxygen atoms in total. The molecule has 77 heavy (non-hydrogen) atoms. The van der Waals surface area contributed by atoms with E-state index in [1.54, 1.807) is 0 Å². The van der Waals surface area contributed by atoms with Crippen molar-refractivity contribution in [2.24, 2.45) is 0 Å². The van der Waals surface area contributed by atoms with Gasteiger partial charge in [0.05, 0.1) is 33.8 Å². The summed E-state index contributed by atoms with van der Waals surface area (Å²) >= 11 is 0. The van der Waals surface area contributed by atoms with Crippen molar-refractivity contribution in [1.82, 2.24) is 5.32 Å². The normalized spacial score (nSPS) is 14.5. The number of carbonyl (C=O) groups is 2. The van der Waals surface area contributed by atoms with Gasteiger partial charge in [0.2, 0.25) is 5.91 Å². The zero-order valence-electron chi connectivity index (χ0n) is 50.2. The molecule has 0 aliphatic rings. The highest BCUT2D eigenvalue weighted by atomic mass is 31.2. The third-order valence-electron chi connectivity index (χ3n) is 12.9. The van der Waals surface area contributed by atoms with Crippen molar-refractivity contribution in [3.63, 3.8) is 0 Å². The first-order chi connectivity index (χ1) is 37.4. The van der Waals surface area contributed by atoms with Gasteiger partial charge in [0.1, 0.15) is 19.3 Å². The fraction of sp³-hybridized carbons (Fsp3) is 0.672. The molecule has 1 amide bonds. The van der Waals surface area contributed by atoms with Crippen LogP contribution >= 0.6 is 7.82 Å². The van der Waals surface area contributed by atoms with Crippen molar-refractivity contribution < 1.29 is 37.3 Å². The van der Waals surface area contributed by atoms with Crippen LogP contribution in [0.5, 0.6) is 0 Å². The molecule has 0 bridgehead atoms. The van der Waals surface area contributed by atoms with E-state index in [2.05, 4.69) is 135 Å². The number of phosphoric ester groups is 1. The van der Waals surface area contributed by atoms with Gasteiger partial charge in [-0.1, -0.05) is 233 Å². The summed E-state index contributed by atoms with van der Waals surface area (Å²) in [4.78, 5) is 37.7. The Hall–Kier alpha value is -3.59. The molecule has 3 unspecified atom stereocenters. The highest BCUT2D eigenvalue weighted by molar-refractivity contribution is 7.47. The largest absolute Gasteiger partial charge is 0.472 e. The number of nitrogens with one attached hydrogen (secondary N) is 1. The fourth-order valence-electron chi connectivity index (χ4n) is 8.13. The molecule has 0 saturated carbocycles. The molecule has 0 fully saturated rings. The average Bonchev–Trinajstić information content (AvgIpc) is 3.39. The van der Waals surface area contributed by atoms with Crippen molar-refractivity contribution in [2.45, 2.75) is 251 Å². The van der Waals surface area contributed by atoms with E-state index in [0.29, 0.717) is 23.9 Å². The number of amides is 1. The summed E-state index contributed by atoms with van der Waals surface area (Å²) in [6.07, 6.45) is 77.7. The molecule has 0 spiro atoms. The van der Waals surface area contributed by atoms with E-state index in [-0.39, 0.29) is 31.5 Å². The smallest absolute Gasteiger partial charge is 0.456 e. The molecule has 0 aromatic rings. The summed E-state index contributed by atoms with van der Waals surface area (Å²) in [6.45, 7) is 6.80. The number of ether oxygens (including phenoxy) is 1. The lowest BCUT2D eigenvalue weighted by Crippen LogP contribution is -2.47. The molecule has 0 rings (SSSR count). The van der Waals surface area contributed by atoms with Gasteiger partial charge in [0.25, 0.3) is 0 Å². The number of allylic oxidation sites excluding steroid dienone is 19. The number of hydrogen-bond donors (Lipinski definition) is 2. The van der Waals surface area contributed by atoms with E-state index in [0.717, 1.165) is 109 Å². The van der Waals surface area contributed by atoms with Crippen molar-refractivity contribution >= 4 is 19.7 Å². The van der Waals surface area contributed by atoms with Crippen LogP contribution in [0.15, 0.2) is 122 Å². The molecular weight excluding hydrogens is 976 g/mol. The van der Waals surface area contributed by atoms with Crippen LogP contribution in [-0.4, -0.2) is 74.3 Å². The number of hydrogen-bond acceptors (Lipinski definition) is 6. The first-order valence-corrected chi connectivity index (χ1v) is 32.4. The van der Waals surface area contributed by atoms with E-state index in [1.807, 2.05) is 33.3 Å². The van der Waals surface area contributed by atoms with Crippen LogP contribution < -0.4 is 5.32 Å². The maximum absolute atomic E-state index is 13.5. The van der Waals surface area contributed by atoms with Gasteiger partial charge in [-0.2, -0.15) is 0 Å². The van der Waals surface area contributed by atoms with Gasteiger partial charge in [-0.05, 0) is 115 Å². The lowest BCUT2D eigenvalue weighted by Gasteiger charge is -2.27. The van der Waals surface area contributed by atoms with E-state index in [9.17, 15) is 19.0 Å². The molecule has 0 aromatic heterocycles. The Kier molecular flexibility index (Phi) is 53.1. The Morgan fingerprint density at radius 2 is 0.844 bits per heavy atom. The fourth-order valence-corrected chi connectivity index (χ4v) is 8.87. The second-order valence-corrected chi connectivity index (χ2v) is 22.9. The lowest BCUT2D eigenvalue weighted by atomic mass is 10.1. The standard InChI is InChI=1S/C67H115N2O7P/c1-7-10-13-16-19-22-25-27-29-31-32-33-34-35-36-38-39-41-44-47-50-53-56-59-66(70)68-64(63-75-77(72,73)74-62-61-69(4,5)6)65(58-55-52-49-46-43-24-21-18-15-12-9-3)76-67(71)60-57-54-51-48-45-42-40-37-30-28-26-23-20-17-14-11-8-2/h10,13,19-20,22-23,27-30,32-33,35-36,40,42,48,51,55,58,64-65H,7-9,11-12,14-18,21,24-26,31,34,37-39,41,43-47,49-50,52-54,56-57,59-63H2,1-6H3,(H-,68,70,72,73)/p+1/b13-10-,22-19-,23-20-,29-27-,30-28-,33-32-,36-35-,42-40-,51-48-,58-55-. The Morgan fingerprint density at radius 3 is 1.30 bits per heavy atom. The van der Waals surface area contributed by atoms with E-state index in [1.165, 1.54) is 89.9 Å². The number of rotatable bonds is 54. The van der Waals surface area contributed by atoms with Crippen LogP contribution in [0, 0.1) is 0 Å². The zero-order chi connectivity index (χ0) is 56.4. The number of nitrogens with zero attached hydrogens (tertiary/aromatic N) is 1. The summed E-state index contributed by atoms with van der Waals surface area (Å²) in [6, 6.07) is -0.884. The number of carbonyl (C=O) groups excluding carboxylic acids is 2. The van der Waals surface area contributed by atoms with Crippen LogP contribution in [-0.2, 0) is 27.9 Å². The number of likely N-dealkylation sites (N-methyl/N-ethyl adjacent to an activating group) is 1. The minimum Gasteiger partial charge on any atom is -0.456 e. The van der Waals surface area contributed by atoms with Gasteiger partial charge in [0, 0.05) is 12.8 Å². The molecule has 0 saturated heterocycles. The number of unbranched alkanes of at least 4 members (excludes halogenated alkanes) is 20. The third kappa shape index (κ3) is 56.9. The SMILES string of the molecule is CC/C=C\C/C=C\C/C=C\C/C=C\C/C=C\CCCCCCCCCC(=O)NC(COP(=O)(O)OCC[N+](C)(C)C)C(/C=C\CCCCCCCCCCC)OC(=O)CCC/C=C\C/C=C\C/C=C\C/C=C\CCCCC. The van der Waals surface area contributed by atoms with E-state index >= 15 is 0 Å². The minimum atomic E-state index is -4.47. The topological polar surface area (TPSA) is 111 Å². The maximum atomic E-state index is 13.5. The lowest BCUT2D eigenvalue weighted by molar-refractivity contribution is -0.870. The Labute approximate surface area is 473 Å². The first kappa shape index (κ1) is 73.4.